The van der Waals surface area contributed by atoms with E-state index in [-0.39, 0.29) is 24.3 Å². The maximum Gasteiger partial charge on any atom is 0.350 e. The molecule has 0 aliphatic heterocycles. The van der Waals surface area contributed by atoms with Gasteiger partial charge in [0.15, 0.2) is 0 Å². The maximum absolute atomic E-state index is 11.7. The standard InChI is InChI=1S/C12H18N2O3S/c1-7(2)8(13)6-10(15)14-9-4-5-18-11(9)12(16)17-3/h4-5,7-8H,6,13H2,1-3H3,(H,14,15). The molecule has 1 aromatic rings. The molecule has 0 bridgehead atoms. The Hall–Kier alpha value is -1.40. The van der Waals surface area contributed by atoms with Crippen LogP contribution in [0.25, 0.3) is 0 Å². The lowest BCUT2D eigenvalue weighted by molar-refractivity contribution is -0.116. The number of esters is 1. The highest BCUT2D eigenvalue weighted by Gasteiger charge is 2.17. The molecule has 0 aliphatic rings. The van der Waals surface area contributed by atoms with Crippen LogP contribution in [0.1, 0.15) is 29.9 Å². The quantitative estimate of drug-likeness (QED) is 0.800. The van der Waals surface area contributed by atoms with E-state index in [4.69, 9.17) is 5.73 Å². The third-order valence-corrected chi connectivity index (χ3v) is 3.48. The van der Waals surface area contributed by atoms with E-state index in [2.05, 4.69) is 10.1 Å². The van der Waals surface area contributed by atoms with Gasteiger partial charge in [0.2, 0.25) is 5.91 Å². The lowest BCUT2D eigenvalue weighted by Gasteiger charge is -2.14. The molecule has 0 saturated carbocycles. The summed E-state index contributed by atoms with van der Waals surface area (Å²) >= 11 is 1.23. The zero-order valence-corrected chi connectivity index (χ0v) is 11.5. The molecule has 5 nitrogen and oxygen atoms in total. The van der Waals surface area contributed by atoms with E-state index in [0.717, 1.165) is 0 Å². The second kappa shape index (κ2) is 6.51. The van der Waals surface area contributed by atoms with Gasteiger partial charge in [-0.3, -0.25) is 4.79 Å². The molecule has 0 spiro atoms. The molecule has 100 valence electrons. The van der Waals surface area contributed by atoms with Crippen molar-refractivity contribution in [3.63, 3.8) is 0 Å². The minimum Gasteiger partial charge on any atom is -0.465 e. The topological polar surface area (TPSA) is 81.4 Å². The fourth-order valence-electron chi connectivity index (χ4n) is 1.31. The number of anilines is 1. The van der Waals surface area contributed by atoms with Gasteiger partial charge in [0.1, 0.15) is 4.88 Å². The van der Waals surface area contributed by atoms with Gasteiger partial charge in [-0.1, -0.05) is 13.8 Å². The van der Waals surface area contributed by atoms with Crippen LogP contribution in [0.3, 0.4) is 0 Å². The first-order valence-corrected chi connectivity index (χ1v) is 6.55. The minimum atomic E-state index is -0.451. The van der Waals surface area contributed by atoms with Gasteiger partial charge in [-0.05, 0) is 17.4 Å². The summed E-state index contributed by atoms with van der Waals surface area (Å²) in [5.41, 5.74) is 6.30. The van der Waals surface area contributed by atoms with Crippen LogP contribution in [-0.4, -0.2) is 25.0 Å². The zero-order chi connectivity index (χ0) is 13.7. The van der Waals surface area contributed by atoms with Gasteiger partial charge in [-0.15, -0.1) is 11.3 Å². The van der Waals surface area contributed by atoms with E-state index < -0.39 is 5.97 Å². The van der Waals surface area contributed by atoms with Gasteiger partial charge < -0.3 is 15.8 Å². The molecule has 0 fully saturated rings. The van der Waals surface area contributed by atoms with Crippen LogP contribution >= 0.6 is 11.3 Å². The fourth-order valence-corrected chi connectivity index (χ4v) is 2.08. The highest BCUT2D eigenvalue weighted by atomic mass is 32.1. The van der Waals surface area contributed by atoms with Crippen LogP contribution in [-0.2, 0) is 9.53 Å². The molecule has 6 heteroatoms. The van der Waals surface area contributed by atoms with E-state index in [0.29, 0.717) is 10.6 Å². The van der Waals surface area contributed by atoms with Gasteiger partial charge in [0.25, 0.3) is 0 Å². The van der Waals surface area contributed by atoms with Crippen molar-refractivity contribution in [2.24, 2.45) is 11.7 Å². The van der Waals surface area contributed by atoms with Crippen molar-refractivity contribution in [3.05, 3.63) is 16.3 Å². The average Bonchev–Trinajstić information content (AvgIpc) is 2.75. The van der Waals surface area contributed by atoms with E-state index in [1.807, 2.05) is 13.8 Å². The lowest BCUT2D eigenvalue weighted by Crippen LogP contribution is -2.31. The van der Waals surface area contributed by atoms with Gasteiger partial charge >= 0.3 is 5.97 Å². The number of carbonyl (C=O) groups is 2. The second-order valence-electron chi connectivity index (χ2n) is 4.32. The third-order valence-electron chi connectivity index (χ3n) is 2.59. The minimum absolute atomic E-state index is 0.190. The molecule has 0 radical (unpaired) electrons. The number of ether oxygens (including phenoxy) is 1. The van der Waals surface area contributed by atoms with E-state index in [9.17, 15) is 9.59 Å². The van der Waals surface area contributed by atoms with Crippen molar-refractivity contribution in [2.75, 3.05) is 12.4 Å². The number of carbonyl (C=O) groups excluding carboxylic acids is 2. The molecule has 1 atom stereocenters. The molecule has 18 heavy (non-hydrogen) atoms. The smallest absolute Gasteiger partial charge is 0.350 e. The van der Waals surface area contributed by atoms with E-state index in [1.54, 1.807) is 11.4 Å². The van der Waals surface area contributed by atoms with Gasteiger partial charge in [-0.2, -0.15) is 0 Å². The summed E-state index contributed by atoms with van der Waals surface area (Å²) in [6, 6.07) is 1.49. The second-order valence-corrected chi connectivity index (χ2v) is 5.23. The van der Waals surface area contributed by atoms with Crippen LogP contribution in [0.15, 0.2) is 11.4 Å². The summed E-state index contributed by atoms with van der Waals surface area (Å²) < 4.78 is 4.63. The van der Waals surface area contributed by atoms with Crippen molar-refractivity contribution in [1.29, 1.82) is 0 Å². The molecule has 1 amide bonds. The van der Waals surface area contributed by atoms with Crippen molar-refractivity contribution in [3.8, 4) is 0 Å². The molecule has 0 aromatic carbocycles. The summed E-state index contributed by atoms with van der Waals surface area (Å²) in [4.78, 5) is 23.6. The molecular formula is C12H18N2O3S. The SMILES string of the molecule is COC(=O)c1sccc1NC(=O)CC(N)C(C)C. The molecular weight excluding hydrogens is 252 g/mol. The number of thiophene rings is 1. The Morgan fingerprint density at radius 1 is 1.50 bits per heavy atom. The van der Waals surface area contributed by atoms with Gasteiger partial charge in [-0.25, -0.2) is 4.79 Å². The van der Waals surface area contributed by atoms with Crippen LogP contribution in [0.4, 0.5) is 5.69 Å². The predicted octanol–water partition coefficient (Wildman–Crippen LogP) is 1.85. The molecule has 0 saturated heterocycles. The van der Waals surface area contributed by atoms with Crippen LogP contribution in [0.5, 0.6) is 0 Å². The maximum atomic E-state index is 11.7. The normalized spacial score (nSPS) is 12.3. The fraction of sp³-hybridized carbons (Fsp3) is 0.500. The first-order chi connectivity index (χ1) is 8.45. The Kier molecular flexibility index (Phi) is 5.30. The van der Waals surface area contributed by atoms with Crippen molar-refractivity contribution >= 4 is 28.9 Å². The Bertz CT molecular complexity index is 429. The molecule has 1 rings (SSSR count). The number of nitrogens with two attached hydrogens (primary N) is 1. The summed E-state index contributed by atoms with van der Waals surface area (Å²) in [6.07, 6.45) is 0.230. The highest BCUT2D eigenvalue weighted by molar-refractivity contribution is 7.12. The summed E-state index contributed by atoms with van der Waals surface area (Å²) in [5, 5.41) is 4.41. The first-order valence-electron chi connectivity index (χ1n) is 5.67. The van der Waals surface area contributed by atoms with Gasteiger partial charge in [0, 0.05) is 12.5 Å². The molecule has 1 heterocycles. The Labute approximate surface area is 110 Å². The van der Waals surface area contributed by atoms with Crippen LogP contribution in [0, 0.1) is 5.92 Å². The van der Waals surface area contributed by atoms with Gasteiger partial charge in [0.05, 0.1) is 12.8 Å². The van der Waals surface area contributed by atoms with Crippen molar-refractivity contribution in [1.82, 2.24) is 0 Å². The van der Waals surface area contributed by atoms with Crippen molar-refractivity contribution in [2.45, 2.75) is 26.3 Å². The number of hydrogen-bond donors (Lipinski definition) is 2. The van der Waals surface area contributed by atoms with Crippen molar-refractivity contribution < 1.29 is 14.3 Å². The van der Waals surface area contributed by atoms with Crippen LogP contribution < -0.4 is 11.1 Å². The third kappa shape index (κ3) is 3.82. The summed E-state index contributed by atoms with van der Waals surface area (Å²) in [7, 11) is 1.31. The number of nitrogens with one attached hydrogen (secondary N) is 1. The predicted molar refractivity (Wildman–Crippen MR) is 71.7 cm³/mol. The summed E-state index contributed by atoms with van der Waals surface area (Å²) in [5.74, 6) is -0.411. The summed E-state index contributed by atoms with van der Waals surface area (Å²) in [6.45, 7) is 3.92. The Balaban J connectivity index is 2.65. The molecule has 0 aliphatic carbocycles. The number of amides is 1. The monoisotopic (exact) mass is 270 g/mol. The van der Waals surface area contributed by atoms with E-state index >= 15 is 0 Å². The van der Waals surface area contributed by atoms with E-state index in [1.165, 1.54) is 18.4 Å². The largest absolute Gasteiger partial charge is 0.465 e. The average molecular weight is 270 g/mol. The molecule has 1 unspecified atom stereocenters. The first kappa shape index (κ1) is 14.7. The Morgan fingerprint density at radius 2 is 2.17 bits per heavy atom. The molecule has 1 aromatic heterocycles. The highest BCUT2D eigenvalue weighted by Crippen LogP contribution is 2.23. The Morgan fingerprint density at radius 3 is 2.72 bits per heavy atom. The number of hydrogen-bond acceptors (Lipinski definition) is 5. The molecule has 3 N–H and O–H groups in total. The van der Waals surface area contributed by atoms with Crippen LogP contribution in [0.2, 0.25) is 0 Å². The number of methoxy groups -OCH3 is 1. The number of rotatable bonds is 5. The lowest BCUT2D eigenvalue weighted by atomic mass is 10.0. The zero-order valence-electron chi connectivity index (χ0n) is 10.7.